The Kier molecular flexibility index (Phi) is 7.25. The van der Waals surface area contributed by atoms with E-state index in [4.69, 9.17) is 0 Å². The first kappa shape index (κ1) is 21.6. The van der Waals surface area contributed by atoms with Crippen LogP contribution in [0.3, 0.4) is 0 Å². The van der Waals surface area contributed by atoms with Gasteiger partial charge in [-0.15, -0.1) is 11.8 Å². The van der Waals surface area contributed by atoms with Gasteiger partial charge in [0.05, 0.1) is 5.75 Å². The van der Waals surface area contributed by atoms with Gasteiger partial charge in [-0.3, -0.25) is 9.59 Å². The first-order chi connectivity index (χ1) is 14.4. The number of benzene rings is 3. The maximum atomic E-state index is 13.0. The van der Waals surface area contributed by atoms with Crippen LogP contribution in [0.5, 0.6) is 0 Å². The standard InChI is InChI=1S/C24H23FN2O2S/c1-16(2)17-5-9-20(10-6-17)26-23(28)15-30-22-13-11-21(12-14-22)27-24(29)18-3-7-19(25)8-4-18/h3-14,16H,15H2,1-2H3,(H,26,28)(H,27,29). The zero-order valence-corrected chi connectivity index (χ0v) is 17.6. The zero-order valence-electron chi connectivity index (χ0n) is 16.8. The van der Waals surface area contributed by atoms with Crippen LogP contribution in [0, 0.1) is 5.82 Å². The highest BCUT2D eigenvalue weighted by Gasteiger charge is 2.08. The maximum absolute atomic E-state index is 13.0. The van der Waals surface area contributed by atoms with Crippen LogP contribution in [0.15, 0.2) is 77.7 Å². The largest absolute Gasteiger partial charge is 0.325 e. The van der Waals surface area contributed by atoms with E-state index in [2.05, 4.69) is 24.5 Å². The fourth-order valence-corrected chi connectivity index (χ4v) is 3.43. The molecule has 0 atom stereocenters. The summed E-state index contributed by atoms with van der Waals surface area (Å²) in [4.78, 5) is 25.3. The first-order valence-electron chi connectivity index (χ1n) is 9.60. The van der Waals surface area contributed by atoms with E-state index in [0.29, 0.717) is 17.2 Å². The van der Waals surface area contributed by atoms with E-state index in [9.17, 15) is 14.0 Å². The summed E-state index contributed by atoms with van der Waals surface area (Å²) >= 11 is 1.41. The number of hydrogen-bond acceptors (Lipinski definition) is 3. The topological polar surface area (TPSA) is 58.2 Å². The third-order valence-electron chi connectivity index (χ3n) is 4.45. The van der Waals surface area contributed by atoms with Crippen LogP contribution in [0.25, 0.3) is 0 Å². The Morgan fingerprint density at radius 1 is 0.833 bits per heavy atom. The van der Waals surface area contributed by atoms with Crippen molar-refractivity contribution in [2.45, 2.75) is 24.7 Å². The van der Waals surface area contributed by atoms with Crippen molar-refractivity contribution in [3.63, 3.8) is 0 Å². The minimum absolute atomic E-state index is 0.0778. The van der Waals surface area contributed by atoms with Gasteiger partial charge in [0.2, 0.25) is 5.91 Å². The van der Waals surface area contributed by atoms with E-state index in [-0.39, 0.29) is 23.4 Å². The van der Waals surface area contributed by atoms with Crippen LogP contribution >= 0.6 is 11.8 Å². The Morgan fingerprint density at radius 2 is 1.40 bits per heavy atom. The van der Waals surface area contributed by atoms with Crippen LogP contribution in [0.1, 0.15) is 35.7 Å². The van der Waals surface area contributed by atoms with E-state index in [0.717, 1.165) is 10.6 Å². The summed E-state index contributed by atoms with van der Waals surface area (Å²) in [7, 11) is 0. The van der Waals surface area contributed by atoms with Gasteiger partial charge in [0.25, 0.3) is 5.91 Å². The van der Waals surface area contributed by atoms with Crippen LogP contribution < -0.4 is 10.6 Å². The predicted octanol–water partition coefficient (Wildman–Crippen LogP) is 5.93. The molecule has 6 heteroatoms. The van der Waals surface area contributed by atoms with E-state index in [1.165, 1.54) is 41.6 Å². The van der Waals surface area contributed by atoms with Gasteiger partial charge in [0, 0.05) is 21.8 Å². The molecule has 0 heterocycles. The SMILES string of the molecule is CC(C)c1ccc(NC(=O)CSc2ccc(NC(=O)c3ccc(F)cc3)cc2)cc1. The lowest BCUT2D eigenvalue weighted by atomic mass is 10.0. The first-order valence-corrected chi connectivity index (χ1v) is 10.6. The molecule has 3 aromatic rings. The van der Waals surface area contributed by atoms with Crippen molar-refractivity contribution in [3.8, 4) is 0 Å². The van der Waals surface area contributed by atoms with Gasteiger partial charge < -0.3 is 10.6 Å². The number of rotatable bonds is 7. The number of carbonyl (C=O) groups is 2. The molecule has 0 bridgehead atoms. The van der Waals surface area contributed by atoms with Gasteiger partial charge in [-0.25, -0.2) is 4.39 Å². The molecule has 154 valence electrons. The van der Waals surface area contributed by atoms with Gasteiger partial charge in [-0.1, -0.05) is 26.0 Å². The molecule has 30 heavy (non-hydrogen) atoms. The average Bonchev–Trinajstić information content (AvgIpc) is 2.74. The number of nitrogens with one attached hydrogen (secondary N) is 2. The fraction of sp³-hybridized carbons (Fsp3) is 0.167. The lowest BCUT2D eigenvalue weighted by Gasteiger charge is -2.09. The number of amides is 2. The smallest absolute Gasteiger partial charge is 0.255 e. The normalized spacial score (nSPS) is 10.7. The molecule has 0 fully saturated rings. The molecule has 0 aliphatic carbocycles. The van der Waals surface area contributed by atoms with Crippen molar-refractivity contribution < 1.29 is 14.0 Å². The molecule has 0 saturated carbocycles. The molecule has 2 N–H and O–H groups in total. The summed E-state index contributed by atoms with van der Waals surface area (Å²) in [6.45, 7) is 4.26. The minimum Gasteiger partial charge on any atom is -0.325 e. The Morgan fingerprint density at radius 3 is 2.00 bits per heavy atom. The van der Waals surface area contributed by atoms with Gasteiger partial charge >= 0.3 is 0 Å². The average molecular weight is 423 g/mol. The molecule has 0 aliphatic heterocycles. The molecule has 4 nitrogen and oxygen atoms in total. The second-order valence-electron chi connectivity index (χ2n) is 7.10. The van der Waals surface area contributed by atoms with Gasteiger partial charge in [0.1, 0.15) is 5.82 Å². The molecular weight excluding hydrogens is 399 g/mol. The molecule has 3 aromatic carbocycles. The number of anilines is 2. The second kappa shape index (κ2) is 10.1. The summed E-state index contributed by atoms with van der Waals surface area (Å²) in [5.74, 6) is -0.0322. The highest BCUT2D eigenvalue weighted by Crippen LogP contribution is 2.22. The van der Waals surface area contributed by atoms with Crippen molar-refractivity contribution in [1.82, 2.24) is 0 Å². The Bertz CT molecular complexity index is 1000. The van der Waals surface area contributed by atoms with Crippen molar-refractivity contribution in [1.29, 1.82) is 0 Å². The molecule has 0 aromatic heterocycles. The molecule has 0 saturated heterocycles. The summed E-state index contributed by atoms with van der Waals surface area (Å²) in [6.07, 6.45) is 0. The van der Waals surface area contributed by atoms with Crippen molar-refractivity contribution in [2.24, 2.45) is 0 Å². The summed E-state index contributed by atoms with van der Waals surface area (Å²) in [5.41, 5.74) is 3.02. The van der Waals surface area contributed by atoms with E-state index in [1.807, 2.05) is 36.4 Å². The Hall–Kier alpha value is -3.12. The molecule has 0 unspecified atom stereocenters. The number of hydrogen-bond donors (Lipinski definition) is 2. The monoisotopic (exact) mass is 422 g/mol. The maximum Gasteiger partial charge on any atom is 0.255 e. The van der Waals surface area contributed by atoms with E-state index in [1.54, 1.807) is 12.1 Å². The quantitative estimate of drug-likeness (QED) is 0.464. The predicted molar refractivity (Wildman–Crippen MR) is 121 cm³/mol. The highest BCUT2D eigenvalue weighted by molar-refractivity contribution is 8.00. The lowest BCUT2D eigenvalue weighted by Crippen LogP contribution is -2.14. The lowest BCUT2D eigenvalue weighted by molar-refractivity contribution is -0.113. The van der Waals surface area contributed by atoms with E-state index < -0.39 is 0 Å². The highest BCUT2D eigenvalue weighted by atomic mass is 32.2. The summed E-state index contributed by atoms with van der Waals surface area (Å²) < 4.78 is 13.0. The molecule has 0 aliphatic rings. The Balaban J connectivity index is 1.48. The van der Waals surface area contributed by atoms with Crippen LogP contribution in [-0.2, 0) is 4.79 Å². The minimum atomic E-state index is -0.385. The molecule has 3 rings (SSSR count). The third-order valence-corrected chi connectivity index (χ3v) is 5.46. The number of carbonyl (C=O) groups excluding carboxylic acids is 2. The third kappa shape index (κ3) is 6.19. The molecule has 0 radical (unpaired) electrons. The van der Waals surface area contributed by atoms with Crippen LogP contribution in [0.2, 0.25) is 0 Å². The number of thioether (sulfide) groups is 1. The second-order valence-corrected chi connectivity index (χ2v) is 8.15. The van der Waals surface area contributed by atoms with Crippen molar-refractivity contribution >= 4 is 35.0 Å². The van der Waals surface area contributed by atoms with Crippen molar-refractivity contribution in [3.05, 3.63) is 89.7 Å². The van der Waals surface area contributed by atoms with Gasteiger partial charge in [-0.2, -0.15) is 0 Å². The van der Waals surface area contributed by atoms with Crippen molar-refractivity contribution in [2.75, 3.05) is 16.4 Å². The van der Waals surface area contributed by atoms with E-state index >= 15 is 0 Å². The molecular formula is C24H23FN2O2S. The van der Waals surface area contributed by atoms with Crippen LogP contribution in [-0.4, -0.2) is 17.6 Å². The Labute approximate surface area is 179 Å². The zero-order chi connectivity index (χ0) is 21.5. The number of halogens is 1. The van der Waals surface area contributed by atoms with Gasteiger partial charge in [-0.05, 0) is 72.1 Å². The summed E-state index contributed by atoms with van der Waals surface area (Å²) in [5, 5.41) is 5.66. The fourth-order valence-electron chi connectivity index (χ4n) is 2.74. The summed E-state index contributed by atoms with van der Waals surface area (Å²) in [6, 6.07) is 20.5. The van der Waals surface area contributed by atoms with Gasteiger partial charge in [0.15, 0.2) is 0 Å². The molecule has 0 spiro atoms. The van der Waals surface area contributed by atoms with Crippen LogP contribution in [0.4, 0.5) is 15.8 Å². The molecule has 2 amide bonds.